The van der Waals surface area contributed by atoms with E-state index < -0.39 is 10.0 Å². The van der Waals surface area contributed by atoms with E-state index in [1.54, 1.807) is 41.8 Å². The molecule has 0 unspecified atom stereocenters. The van der Waals surface area contributed by atoms with Crippen molar-refractivity contribution in [2.24, 2.45) is 4.99 Å². The average Bonchev–Trinajstić information content (AvgIpc) is 3.31. The van der Waals surface area contributed by atoms with Crippen LogP contribution >= 0.6 is 0 Å². The van der Waals surface area contributed by atoms with Crippen molar-refractivity contribution in [2.45, 2.75) is 56.1 Å². The normalized spacial score (nSPS) is 20.9. The molecular weight excluding hydrogens is 453 g/mol. The standard InChI is InChI=1S/C26H34FN3O3S.H2/c1-20-18-26(10-5-21(20)19-28-2)34(31,32)30-14-3-4-23(30)11-15-29-16-12-25(13-17-29)33-24-8-6-22(27)7-9-24;/h5-10,18-19,23,25H,3-4,11-17H2,1-2H3;1H/t23-;/m1./s1. The van der Waals surface area contributed by atoms with Gasteiger partial charge in [0.25, 0.3) is 0 Å². The number of nitrogens with zero attached hydrogens (tertiary/aromatic N) is 3. The Kier molecular flexibility index (Phi) is 8.01. The van der Waals surface area contributed by atoms with Gasteiger partial charge in [-0.25, -0.2) is 12.8 Å². The molecule has 34 heavy (non-hydrogen) atoms. The molecule has 8 heteroatoms. The number of hydrogen-bond donors (Lipinski definition) is 0. The first-order chi connectivity index (χ1) is 16.4. The molecule has 2 fully saturated rings. The monoisotopic (exact) mass is 489 g/mol. The summed E-state index contributed by atoms with van der Waals surface area (Å²) in [5.41, 5.74) is 1.85. The van der Waals surface area contributed by atoms with Crippen LogP contribution in [0.25, 0.3) is 0 Å². The zero-order valence-corrected chi connectivity index (χ0v) is 20.8. The molecule has 0 aliphatic carbocycles. The molecule has 0 aromatic heterocycles. The highest BCUT2D eigenvalue weighted by Crippen LogP contribution is 2.29. The second kappa shape index (κ2) is 11.0. The Bertz CT molecular complexity index is 1100. The molecule has 0 amide bonds. The predicted molar refractivity (Wildman–Crippen MR) is 135 cm³/mol. The molecule has 2 heterocycles. The smallest absolute Gasteiger partial charge is 0.243 e. The second-order valence-electron chi connectivity index (χ2n) is 9.22. The third kappa shape index (κ3) is 5.85. The van der Waals surface area contributed by atoms with Crippen LogP contribution in [0.4, 0.5) is 4.39 Å². The van der Waals surface area contributed by atoms with Gasteiger partial charge in [-0.2, -0.15) is 4.31 Å². The number of sulfonamides is 1. The van der Waals surface area contributed by atoms with Crippen molar-refractivity contribution in [1.29, 1.82) is 0 Å². The summed E-state index contributed by atoms with van der Waals surface area (Å²) in [5.74, 6) is 0.445. The fourth-order valence-corrected chi connectivity index (χ4v) is 6.74. The number of ether oxygens (including phenoxy) is 1. The number of aliphatic imine (C=N–C) groups is 1. The highest BCUT2D eigenvalue weighted by Gasteiger charge is 2.35. The number of hydrogen-bond acceptors (Lipinski definition) is 5. The number of aryl methyl sites for hydroxylation is 1. The molecule has 1 atom stereocenters. The van der Waals surface area contributed by atoms with Gasteiger partial charge >= 0.3 is 0 Å². The summed E-state index contributed by atoms with van der Waals surface area (Å²) in [4.78, 5) is 6.80. The minimum Gasteiger partial charge on any atom is -0.490 e. The van der Waals surface area contributed by atoms with Crippen molar-refractivity contribution >= 4 is 16.2 Å². The van der Waals surface area contributed by atoms with Crippen molar-refractivity contribution in [3.63, 3.8) is 0 Å². The maximum absolute atomic E-state index is 13.4. The predicted octanol–water partition coefficient (Wildman–Crippen LogP) is 4.52. The molecule has 2 aliphatic heterocycles. The Hall–Kier alpha value is -2.29. The molecule has 0 N–H and O–H groups in total. The van der Waals surface area contributed by atoms with E-state index >= 15 is 0 Å². The first-order valence-corrected chi connectivity index (χ1v) is 13.5. The van der Waals surface area contributed by atoms with Crippen molar-refractivity contribution < 1.29 is 19.0 Å². The van der Waals surface area contributed by atoms with Gasteiger partial charge in [0.15, 0.2) is 0 Å². The van der Waals surface area contributed by atoms with Crippen LogP contribution in [0.3, 0.4) is 0 Å². The molecule has 4 rings (SSSR count). The number of likely N-dealkylation sites (tertiary alicyclic amines) is 1. The first-order valence-electron chi connectivity index (χ1n) is 12.1. The highest BCUT2D eigenvalue weighted by atomic mass is 32.2. The fraction of sp³-hybridized carbons (Fsp3) is 0.500. The summed E-state index contributed by atoms with van der Waals surface area (Å²) in [5, 5.41) is 0. The molecule has 0 bridgehead atoms. The number of rotatable bonds is 8. The van der Waals surface area contributed by atoms with E-state index in [0.717, 1.165) is 62.9 Å². The van der Waals surface area contributed by atoms with Gasteiger partial charge in [-0.1, -0.05) is 6.07 Å². The molecule has 2 aromatic rings. The Labute approximate surface area is 204 Å². The summed E-state index contributed by atoms with van der Waals surface area (Å²) >= 11 is 0. The average molecular weight is 490 g/mol. The minimum atomic E-state index is -3.52. The van der Waals surface area contributed by atoms with Crippen molar-refractivity contribution in [1.82, 2.24) is 9.21 Å². The Balaban J connectivity index is 0.00000342. The van der Waals surface area contributed by atoms with Crippen LogP contribution < -0.4 is 4.74 Å². The van der Waals surface area contributed by atoms with Crippen LogP contribution in [-0.4, -0.2) is 69.2 Å². The van der Waals surface area contributed by atoms with Gasteiger partial charge in [-0.05, 0) is 93.1 Å². The highest BCUT2D eigenvalue weighted by molar-refractivity contribution is 7.89. The first kappa shape index (κ1) is 24.8. The lowest BCUT2D eigenvalue weighted by Gasteiger charge is -2.33. The summed E-state index contributed by atoms with van der Waals surface area (Å²) in [6.07, 6.45) is 6.35. The lowest BCUT2D eigenvalue weighted by Crippen LogP contribution is -2.42. The number of piperidine rings is 1. The molecule has 186 valence electrons. The van der Waals surface area contributed by atoms with Gasteiger partial charge in [-0.3, -0.25) is 4.99 Å². The molecule has 2 aromatic carbocycles. The minimum absolute atomic E-state index is 0. The second-order valence-corrected chi connectivity index (χ2v) is 11.1. The SMILES string of the molecule is CN=Cc1ccc(S(=O)(=O)N2CCC[C@@H]2CCN2CCC(Oc3ccc(F)cc3)CC2)cc1C.[HH]. The number of benzene rings is 2. The molecular formula is C26H36FN3O3S. The lowest BCUT2D eigenvalue weighted by molar-refractivity contribution is 0.0970. The zero-order valence-electron chi connectivity index (χ0n) is 20.0. The van der Waals surface area contributed by atoms with Crippen LogP contribution in [0.2, 0.25) is 0 Å². The Morgan fingerprint density at radius 3 is 2.53 bits per heavy atom. The summed E-state index contributed by atoms with van der Waals surface area (Å²) in [7, 11) is -1.81. The van der Waals surface area contributed by atoms with Crippen LogP contribution in [0, 0.1) is 12.7 Å². The number of halogens is 1. The maximum atomic E-state index is 13.4. The van der Waals surface area contributed by atoms with E-state index in [1.165, 1.54) is 12.1 Å². The molecule has 2 aliphatic rings. The van der Waals surface area contributed by atoms with Gasteiger partial charge in [0.2, 0.25) is 10.0 Å². The van der Waals surface area contributed by atoms with E-state index in [0.29, 0.717) is 17.2 Å². The fourth-order valence-electron chi connectivity index (χ4n) is 4.93. The third-order valence-electron chi connectivity index (χ3n) is 6.87. The van der Waals surface area contributed by atoms with Crippen molar-refractivity contribution in [2.75, 3.05) is 33.2 Å². The van der Waals surface area contributed by atoms with E-state index in [9.17, 15) is 12.8 Å². The van der Waals surface area contributed by atoms with Crippen LogP contribution in [0.1, 0.15) is 44.7 Å². The Morgan fingerprint density at radius 2 is 1.85 bits per heavy atom. The Morgan fingerprint density at radius 1 is 1.12 bits per heavy atom. The van der Waals surface area contributed by atoms with E-state index in [2.05, 4.69) is 9.89 Å². The van der Waals surface area contributed by atoms with Crippen molar-refractivity contribution in [3.8, 4) is 5.75 Å². The van der Waals surface area contributed by atoms with Crippen LogP contribution in [0.15, 0.2) is 52.4 Å². The molecule has 0 saturated carbocycles. The summed E-state index contributed by atoms with van der Waals surface area (Å²) in [6.45, 7) is 5.22. The molecule has 6 nitrogen and oxygen atoms in total. The zero-order chi connectivity index (χ0) is 24.1. The van der Waals surface area contributed by atoms with Gasteiger partial charge in [0, 0.05) is 40.4 Å². The molecule has 2 saturated heterocycles. The molecule has 0 spiro atoms. The lowest BCUT2D eigenvalue weighted by atomic mass is 10.1. The third-order valence-corrected chi connectivity index (χ3v) is 8.82. The quantitative estimate of drug-likeness (QED) is 0.512. The van der Waals surface area contributed by atoms with E-state index in [1.807, 2.05) is 13.0 Å². The van der Waals surface area contributed by atoms with E-state index in [4.69, 9.17) is 4.74 Å². The summed E-state index contributed by atoms with van der Waals surface area (Å²) in [6, 6.07) is 11.5. The summed E-state index contributed by atoms with van der Waals surface area (Å²) < 4.78 is 47.6. The van der Waals surface area contributed by atoms with Gasteiger partial charge in [0.1, 0.15) is 17.7 Å². The molecule has 0 radical (unpaired) electrons. The largest absolute Gasteiger partial charge is 0.490 e. The van der Waals surface area contributed by atoms with Crippen LogP contribution in [-0.2, 0) is 10.0 Å². The van der Waals surface area contributed by atoms with Gasteiger partial charge < -0.3 is 9.64 Å². The maximum Gasteiger partial charge on any atom is 0.243 e. The van der Waals surface area contributed by atoms with Crippen LogP contribution in [0.5, 0.6) is 5.75 Å². The van der Waals surface area contributed by atoms with Crippen molar-refractivity contribution in [3.05, 3.63) is 59.4 Å². The van der Waals surface area contributed by atoms with Gasteiger partial charge in [0.05, 0.1) is 4.90 Å². The van der Waals surface area contributed by atoms with Gasteiger partial charge in [-0.15, -0.1) is 0 Å². The van der Waals surface area contributed by atoms with E-state index in [-0.39, 0.29) is 19.4 Å². The topological polar surface area (TPSA) is 62.2 Å².